The van der Waals surface area contributed by atoms with E-state index in [1.165, 1.54) is 23.9 Å². The summed E-state index contributed by atoms with van der Waals surface area (Å²) in [6, 6.07) is 16.9. The molecule has 190 valence electrons. The Hall–Kier alpha value is -4.05. The van der Waals surface area contributed by atoms with Crippen LogP contribution in [-0.4, -0.2) is 27.9 Å². The lowest BCUT2D eigenvalue weighted by molar-refractivity contribution is -0.384. The van der Waals surface area contributed by atoms with Gasteiger partial charge in [-0.25, -0.2) is 4.98 Å². The molecule has 0 saturated heterocycles. The SMILES string of the molecule is COc1cc(C=Nn2c(C(C)(C)C)nc3ccc(Br)cc3c2=O)ccc1OCc1cccc([N+](=O)[O-])c1. The van der Waals surface area contributed by atoms with E-state index in [9.17, 15) is 14.9 Å². The van der Waals surface area contributed by atoms with Crippen LogP contribution in [0.1, 0.15) is 37.7 Å². The molecule has 1 heterocycles. The third kappa shape index (κ3) is 5.86. The van der Waals surface area contributed by atoms with Crippen LogP contribution < -0.4 is 15.0 Å². The quantitative estimate of drug-likeness (QED) is 0.158. The van der Waals surface area contributed by atoms with Gasteiger partial charge >= 0.3 is 0 Å². The molecule has 0 N–H and O–H groups in total. The third-order valence-corrected chi connectivity index (χ3v) is 6.00. The maximum Gasteiger partial charge on any atom is 0.282 e. The number of fused-ring (bicyclic) bond motifs is 1. The monoisotopic (exact) mass is 564 g/mol. The van der Waals surface area contributed by atoms with Crippen LogP contribution in [0.2, 0.25) is 0 Å². The predicted octanol–water partition coefficient (Wildman–Crippen LogP) is 5.83. The zero-order valence-electron chi connectivity index (χ0n) is 20.8. The molecule has 1 aromatic heterocycles. The first kappa shape index (κ1) is 26.0. The van der Waals surface area contributed by atoms with Gasteiger partial charge in [-0.3, -0.25) is 14.9 Å². The van der Waals surface area contributed by atoms with Crippen molar-refractivity contribution in [3.8, 4) is 11.5 Å². The number of methoxy groups -OCH3 is 1. The third-order valence-electron chi connectivity index (χ3n) is 5.50. The molecule has 0 unspecified atom stereocenters. The fourth-order valence-corrected chi connectivity index (χ4v) is 4.03. The van der Waals surface area contributed by atoms with Gasteiger partial charge < -0.3 is 9.47 Å². The van der Waals surface area contributed by atoms with E-state index in [1.54, 1.807) is 48.7 Å². The van der Waals surface area contributed by atoms with E-state index in [0.29, 0.717) is 39.4 Å². The average molecular weight is 565 g/mol. The van der Waals surface area contributed by atoms with E-state index in [2.05, 4.69) is 21.0 Å². The van der Waals surface area contributed by atoms with Crippen LogP contribution in [0.25, 0.3) is 10.9 Å². The summed E-state index contributed by atoms with van der Waals surface area (Å²) in [5.74, 6) is 1.46. The van der Waals surface area contributed by atoms with E-state index in [0.717, 1.165) is 4.47 Å². The molecule has 10 heteroatoms. The zero-order valence-corrected chi connectivity index (χ0v) is 22.4. The first-order valence-corrected chi connectivity index (χ1v) is 12.2. The van der Waals surface area contributed by atoms with Crippen LogP contribution in [0.4, 0.5) is 5.69 Å². The fourth-order valence-electron chi connectivity index (χ4n) is 3.67. The van der Waals surface area contributed by atoms with E-state index < -0.39 is 10.3 Å². The Labute approximate surface area is 221 Å². The van der Waals surface area contributed by atoms with Crippen LogP contribution in [0.5, 0.6) is 11.5 Å². The standard InChI is InChI=1S/C27H25BrN4O5/c1-27(2,3)26-30-22-10-9-19(28)14-21(22)25(33)31(26)29-15-17-8-11-23(24(13-17)36-4)37-16-18-6-5-7-20(12-18)32(34)35/h5-15H,16H2,1-4H3. The smallest absolute Gasteiger partial charge is 0.282 e. The van der Waals surface area contributed by atoms with Crippen molar-refractivity contribution in [2.75, 3.05) is 7.11 Å². The van der Waals surface area contributed by atoms with Gasteiger partial charge in [-0.1, -0.05) is 48.8 Å². The Morgan fingerprint density at radius 2 is 1.89 bits per heavy atom. The number of non-ortho nitro benzene ring substituents is 1. The molecule has 0 amide bonds. The van der Waals surface area contributed by atoms with Gasteiger partial charge in [0.05, 0.1) is 29.2 Å². The number of halogens is 1. The van der Waals surface area contributed by atoms with Crippen molar-refractivity contribution in [3.63, 3.8) is 0 Å². The molecule has 0 aliphatic heterocycles. The van der Waals surface area contributed by atoms with E-state index in [4.69, 9.17) is 14.5 Å². The number of nitro benzene ring substituents is 1. The van der Waals surface area contributed by atoms with Crippen LogP contribution in [0.15, 0.2) is 75.0 Å². The molecule has 0 radical (unpaired) electrons. The topological polar surface area (TPSA) is 109 Å². The molecule has 3 aromatic carbocycles. The molecular weight excluding hydrogens is 540 g/mol. The Morgan fingerprint density at radius 1 is 1.11 bits per heavy atom. The summed E-state index contributed by atoms with van der Waals surface area (Å²) in [5, 5.41) is 16.0. The molecule has 0 fully saturated rings. The van der Waals surface area contributed by atoms with Crippen molar-refractivity contribution in [2.24, 2.45) is 5.10 Å². The maximum atomic E-state index is 13.3. The van der Waals surface area contributed by atoms with Crippen molar-refractivity contribution in [2.45, 2.75) is 32.8 Å². The summed E-state index contributed by atoms with van der Waals surface area (Å²) >= 11 is 3.41. The minimum atomic E-state index is -0.446. The van der Waals surface area contributed by atoms with Gasteiger partial charge in [-0.15, -0.1) is 0 Å². The lowest BCUT2D eigenvalue weighted by Crippen LogP contribution is -2.29. The van der Waals surface area contributed by atoms with Gasteiger partial charge in [0.1, 0.15) is 12.4 Å². The Bertz CT molecular complexity index is 1570. The summed E-state index contributed by atoms with van der Waals surface area (Å²) in [4.78, 5) is 28.6. The van der Waals surface area contributed by atoms with Crippen molar-refractivity contribution >= 4 is 38.7 Å². The molecule has 0 spiro atoms. The van der Waals surface area contributed by atoms with Crippen LogP contribution in [-0.2, 0) is 12.0 Å². The van der Waals surface area contributed by atoms with Crippen LogP contribution in [0, 0.1) is 10.1 Å². The van der Waals surface area contributed by atoms with Gasteiger partial charge in [-0.05, 0) is 47.5 Å². The molecule has 0 aliphatic carbocycles. The Balaban J connectivity index is 1.64. The summed E-state index contributed by atoms with van der Waals surface area (Å²) in [7, 11) is 1.52. The molecule has 4 aromatic rings. The lowest BCUT2D eigenvalue weighted by atomic mass is 9.95. The van der Waals surface area contributed by atoms with E-state index in [1.807, 2.05) is 26.8 Å². The second kappa shape index (κ2) is 10.5. The number of nitro groups is 1. The number of hydrogen-bond donors (Lipinski definition) is 0. The minimum absolute atomic E-state index is 0.0000288. The molecule has 0 bridgehead atoms. The van der Waals surface area contributed by atoms with Gasteiger partial charge in [0.15, 0.2) is 11.5 Å². The molecular formula is C27H25BrN4O5. The van der Waals surface area contributed by atoms with Crippen LogP contribution in [0.3, 0.4) is 0 Å². The molecule has 4 rings (SSSR count). The summed E-state index contributed by atoms with van der Waals surface area (Å²) < 4.78 is 13.4. The van der Waals surface area contributed by atoms with Gasteiger partial charge in [0, 0.05) is 22.0 Å². The highest BCUT2D eigenvalue weighted by molar-refractivity contribution is 9.10. The predicted molar refractivity (Wildman–Crippen MR) is 146 cm³/mol. The highest BCUT2D eigenvalue weighted by Gasteiger charge is 2.23. The number of hydrogen-bond acceptors (Lipinski definition) is 7. The largest absolute Gasteiger partial charge is 0.493 e. The van der Waals surface area contributed by atoms with E-state index in [-0.39, 0.29) is 17.9 Å². The first-order valence-electron chi connectivity index (χ1n) is 11.4. The Morgan fingerprint density at radius 3 is 2.59 bits per heavy atom. The van der Waals surface area contributed by atoms with Crippen molar-refractivity contribution < 1.29 is 14.4 Å². The van der Waals surface area contributed by atoms with Gasteiger partial charge in [-0.2, -0.15) is 9.78 Å². The number of aromatic nitrogens is 2. The maximum absolute atomic E-state index is 13.3. The number of ether oxygens (including phenoxy) is 2. The summed E-state index contributed by atoms with van der Waals surface area (Å²) in [5.41, 5.74) is 1.25. The highest BCUT2D eigenvalue weighted by Crippen LogP contribution is 2.29. The minimum Gasteiger partial charge on any atom is -0.493 e. The molecule has 0 saturated carbocycles. The number of nitrogens with zero attached hydrogens (tertiary/aromatic N) is 4. The van der Waals surface area contributed by atoms with E-state index >= 15 is 0 Å². The number of benzene rings is 3. The first-order chi connectivity index (χ1) is 17.6. The molecule has 0 aliphatic rings. The van der Waals surface area contributed by atoms with Crippen molar-refractivity contribution in [1.82, 2.24) is 9.66 Å². The normalized spacial score (nSPS) is 11.7. The second-order valence-electron chi connectivity index (χ2n) is 9.33. The van der Waals surface area contributed by atoms with Gasteiger partial charge in [0.2, 0.25) is 0 Å². The Kier molecular flexibility index (Phi) is 7.40. The fraction of sp³-hybridized carbons (Fsp3) is 0.222. The van der Waals surface area contributed by atoms with Gasteiger partial charge in [0.25, 0.3) is 11.2 Å². The summed E-state index contributed by atoms with van der Waals surface area (Å²) in [6.07, 6.45) is 1.56. The molecule has 9 nitrogen and oxygen atoms in total. The molecule has 0 atom stereocenters. The zero-order chi connectivity index (χ0) is 26.7. The second-order valence-corrected chi connectivity index (χ2v) is 10.3. The summed E-state index contributed by atoms with van der Waals surface area (Å²) in [6.45, 7) is 6.06. The highest BCUT2D eigenvalue weighted by atomic mass is 79.9. The average Bonchev–Trinajstić information content (AvgIpc) is 2.86. The van der Waals surface area contributed by atoms with Crippen molar-refractivity contribution in [1.29, 1.82) is 0 Å². The molecule has 37 heavy (non-hydrogen) atoms. The van der Waals surface area contributed by atoms with Crippen LogP contribution >= 0.6 is 15.9 Å². The lowest BCUT2D eigenvalue weighted by Gasteiger charge is -2.20. The number of rotatable bonds is 7. The van der Waals surface area contributed by atoms with Crippen molar-refractivity contribution in [3.05, 3.63) is 103 Å².